The number of aliphatic imine (C=N–C) groups is 1. The first-order valence-electron chi connectivity index (χ1n) is 4.83. The zero-order valence-corrected chi connectivity index (χ0v) is 9.00. The maximum Gasteiger partial charge on any atom is 0.166 e. The van der Waals surface area contributed by atoms with Crippen molar-refractivity contribution < 1.29 is 20.1 Å². The lowest BCUT2D eigenvalue weighted by atomic mass is 10.2. The number of methoxy groups -OCH3 is 1. The van der Waals surface area contributed by atoms with E-state index in [9.17, 15) is 5.11 Å². The third kappa shape index (κ3) is 3.22. The second-order valence-corrected chi connectivity index (χ2v) is 3.23. The van der Waals surface area contributed by atoms with Crippen LogP contribution in [0, 0.1) is 0 Å². The minimum atomic E-state index is -0.871. The maximum absolute atomic E-state index is 9.68. The molecule has 1 aromatic carbocycles. The average Bonchev–Trinajstić information content (AvgIpc) is 2.31. The number of aliphatic hydroxyl groups is 2. The Morgan fingerprint density at radius 2 is 2.25 bits per heavy atom. The zero-order chi connectivity index (χ0) is 12.0. The number of phenolic OH excluding ortho intramolecular Hbond substituents is 1. The largest absolute Gasteiger partial charge is 0.504 e. The van der Waals surface area contributed by atoms with Crippen molar-refractivity contribution >= 4 is 6.21 Å². The van der Waals surface area contributed by atoms with Gasteiger partial charge in [-0.2, -0.15) is 0 Å². The lowest BCUT2D eigenvalue weighted by Crippen LogP contribution is -2.15. The van der Waals surface area contributed by atoms with Crippen molar-refractivity contribution in [2.75, 3.05) is 20.3 Å². The van der Waals surface area contributed by atoms with E-state index in [1.54, 1.807) is 18.2 Å². The van der Waals surface area contributed by atoms with Crippen molar-refractivity contribution in [1.29, 1.82) is 0 Å². The Morgan fingerprint density at radius 3 is 2.88 bits per heavy atom. The molecule has 3 N–H and O–H groups in total. The number of para-hydroxylation sites is 1. The second-order valence-electron chi connectivity index (χ2n) is 3.23. The van der Waals surface area contributed by atoms with Gasteiger partial charge in [0.2, 0.25) is 0 Å². The summed E-state index contributed by atoms with van der Waals surface area (Å²) in [5.74, 6) is 0.374. The quantitative estimate of drug-likeness (QED) is 0.624. The van der Waals surface area contributed by atoms with Gasteiger partial charge in [0.1, 0.15) is 0 Å². The summed E-state index contributed by atoms with van der Waals surface area (Å²) in [6.07, 6.45) is 0.556. The smallest absolute Gasteiger partial charge is 0.166 e. The fraction of sp³-hybridized carbons (Fsp3) is 0.364. The number of phenols is 1. The summed E-state index contributed by atoms with van der Waals surface area (Å²) < 4.78 is 4.93. The fourth-order valence-corrected chi connectivity index (χ4v) is 1.14. The molecule has 5 nitrogen and oxygen atoms in total. The van der Waals surface area contributed by atoms with E-state index in [0.717, 1.165) is 0 Å². The van der Waals surface area contributed by atoms with Gasteiger partial charge in [-0.3, -0.25) is 4.99 Å². The lowest BCUT2D eigenvalue weighted by molar-refractivity contribution is 0.102. The molecule has 0 spiro atoms. The first-order valence-corrected chi connectivity index (χ1v) is 4.83. The van der Waals surface area contributed by atoms with E-state index < -0.39 is 6.10 Å². The molecule has 1 aromatic rings. The van der Waals surface area contributed by atoms with Crippen molar-refractivity contribution in [3.05, 3.63) is 23.8 Å². The van der Waals surface area contributed by atoms with E-state index in [1.165, 1.54) is 13.3 Å². The summed E-state index contributed by atoms with van der Waals surface area (Å²) >= 11 is 0. The summed E-state index contributed by atoms with van der Waals surface area (Å²) in [7, 11) is 1.46. The molecule has 0 bridgehead atoms. The van der Waals surface area contributed by atoms with Crippen LogP contribution in [0.25, 0.3) is 0 Å². The Morgan fingerprint density at radius 1 is 1.50 bits per heavy atom. The summed E-state index contributed by atoms with van der Waals surface area (Å²) in [5.41, 5.74) is 0.504. The van der Waals surface area contributed by atoms with E-state index in [1.807, 2.05) is 0 Å². The highest BCUT2D eigenvalue weighted by molar-refractivity contribution is 5.84. The van der Waals surface area contributed by atoms with Gasteiger partial charge >= 0.3 is 0 Å². The molecule has 0 aliphatic rings. The van der Waals surface area contributed by atoms with E-state index in [-0.39, 0.29) is 18.9 Å². The molecule has 0 aromatic heterocycles. The molecule has 5 heteroatoms. The van der Waals surface area contributed by atoms with E-state index in [0.29, 0.717) is 11.3 Å². The van der Waals surface area contributed by atoms with Gasteiger partial charge in [0.25, 0.3) is 0 Å². The molecule has 88 valence electrons. The summed E-state index contributed by atoms with van der Waals surface area (Å²) in [4.78, 5) is 3.90. The molecule has 1 atom stereocenters. The van der Waals surface area contributed by atoms with Crippen LogP contribution in [0.15, 0.2) is 23.2 Å². The van der Waals surface area contributed by atoms with Crippen LogP contribution in [-0.4, -0.2) is 47.9 Å². The van der Waals surface area contributed by atoms with Crippen LogP contribution < -0.4 is 4.74 Å². The highest BCUT2D eigenvalue weighted by Crippen LogP contribution is 2.27. The number of benzene rings is 1. The van der Waals surface area contributed by atoms with Gasteiger partial charge in [0, 0.05) is 11.8 Å². The van der Waals surface area contributed by atoms with Crippen LogP contribution in [0.5, 0.6) is 11.5 Å². The van der Waals surface area contributed by atoms with Crippen LogP contribution in [-0.2, 0) is 0 Å². The predicted octanol–water partition coefficient (Wildman–Crippen LogP) is 0.173. The van der Waals surface area contributed by atoms with Gasteiger partial charge in [-0.25, -0.2) is 0 Å². The third-order valence-corrected chi connectivity index (χ3v) is 2.01. The van der Waals surface area contributed by atoms with Gasteiger partial charge in [0.15, 0.2) is 11.5 Å². The summed E-state index contributed by atoms with van der Waals surface area (Å²) in [5, 5.41) is 27.3. The Hall–Kier alpha value is -1.59. The molecular weight excluding hydrogens is 210 g/mol. The first-order chi connectivity index (χ1) is 7.69. The molecule has 0 saturated carbocycles. The number of aromatic hydroxyl groups is 1. The fourth-order valence-electron chi connectivity index (χ4n) is 1.14. The van der Waals surface area contributed by atoms with Crippen molar-refractivity contribution in [3.63, 3.8) is 0 Å². The normalized spacial score (nSPS) is 12.9. The zero-order valence-electron chi connectivity index (χ0n) is 9.00. The average molecular weight is 225 g/mol. The van der Waals surface area contributed by atoms with E-state index in [4.69, 9.17) is 14.9 Å². The predicted molar refractivity (Wildman–Crippen MR) is 60.2 cm³/mol. The first kappa shape index (κ1) is 12.5. The Bertz CT molecular complexity index is 365. The van der Waals surface area contributed by atoms with Crippen LogP contribution in [0.4, 0.5) is 0 Å². The maximum atomic E-state index is 9.68. The molecular formula is C11H15NO4. The minimum absolute atomic E-state index is 0.00670. The van der Waals surface area contributed by atoms with Crippen molar-refractivity contribution in [2.24, 2.45) is 4.99 Å². The van der Waals surface area contributed by atoms with Crippen molar-refractivity contribution in [1.82, 2.24) is 0 Å². The minimum Gasteiger partial charge on any atom is -0.504 e. The molecule has 0 aliphatic heterocycles. The van der Waals surface area contributed by atoms with Gasteiger partial charge in [-0.1, -0.05) is 6.07 Å². The number of ether oxygens (including phenoxy) is 1. The molecule has 0 unspecified atom stereocenters. The Balaban J connectivity index is 2.73. The molecule has 0 heterocycles. The SMILES string of the molecule is COc1cccc(C=NC[C@H](O)CO)c1O. The van der Waals surface area contributed by atoms with Gasteiger partial charge in [-0.05, 0) is 12.1 Å². The number of nitrogens with zero attached hydrogens (tertiary/aromatic N) is 1. The number of rotatable bonds is 5. The molecule has 0 radical (unpaired) electrons. The van der Waals surface area contributed by atoms with Gasteiger partial charge in [0.05, 0.1) is 26.4 Å². The Kier molecular flexibility index (Phi) is 4.75. The Labute approximate surface area is 93.6 Å². The lowest BCUT2D eigenvalue weighted by Gasteiger charge is -2.05. The van der Waals surface area contributed by atoms with Gasteiger partial charge in [-0.15, -0.1) is 0 Å². The standard InChI is InChI=1S/C11H15NO4/c1-16-10-4-2-3-8(11(10)15)5-12-6-9(14)7-13/h2-5,9,13-15H,6-7H2,1H3/t9-/m0/s1. The molecule has 16 heavy (non-hydrogen) atoms. The molecule has 1 rings (SSSR count). The number of hydrogen-bond donors (Lipinski definition) is 3. The topological polar surface area (TPSA) is 82.3 Å². The van der Waals surface area contributed by atoms with Crippen LogP contribution in [0.3, 0.4) is 0 Å². The second kappa shape index (κ2) is 6.09. The van der Waals surface area contributed by atoms with E-state index in [2.05, 4.69) is 4.99 Å². The number of hydrogen-bond acceptors (Lipinski definition) is 5. The molecule has 0 aliphatic carbocycles. The number of aliphatic hydroxyl groups excluding tert-OH is 2. The molecule has 0 fully saturated rings. The monoisotopic (exact) mass is 225 g/mol. The summed E-state index contributed by atoms with van der Waals surface area (Å²) in [6.45, 7) is -0.241. The van der Waals surface area contributed by atoms with Crippen LogP contribution in [0.2, 0.25) is 0 Å². The highest BCUT2D eigenvalue weighted by Gasteiger charge is 2.05. The summed E-state index contributed by atoms with van der Waals surface area (Å²) in [6, 6.07) is 5.03. The molecule has 0 saturated heterocycles. The van der Waals surface area contributed by atoms with Crippen LogP contribution in [0.1, 0.15) is 5.56 Å². The van der Waals surface area contributed by atoms with Crippen molar-refractivity contribution in [2.45, 2.75) is 6.10 Å². The molecule has 0 amide bonds. The third-order valence-electron chi connectivity index (χ3n) is 2.01. The van der Waals surface area contributed by atoms with Crippen molar-refractivity contribution in [3.8, 4) is 11.5 Å². The van der Waals surface area contributed by atoms with Crippen LogP contribution >= 0.6 is 0 Å². The highest BCUT2D eigenvalue weighted by atomic mass is 16.5. The van der Waals surface area contributed by atoms with E-state index >= 15 is 0 Å². The van der Waals surface area contributed by atoms with Gasteiger partial charge < -0.3 is 20.1 Å².